The fraction of sp³-hybridized carbons (Fsp3) is 0.118. The molecule has 0 fully saturated rings. The summed E-state index contributed by atoms with van der Waals surface area (Å²) in [7, 11) is 1.24. The van der Waals surface area contributed by atoms with Crippen LogP contribution in [-0.4, -0.2) is 22.7 Å². The number of hydrogen-bond acceptors (Lipinski definition) is 6. The number of nitrogens with zero attached hydrogens (tertiary/aromatic N) is 2. The highest BCUT2D eigenvalue weighted by Crippen LogP contribution is 2.24. The second kappa shape index (κ2) is 7.12. The van der Waals surface area contributed by atoms with Crippen molar-refractivity contribution in [2.75, 3.05) is 13.0 Å². The predicted molar refractivity (Wildman–Crippen MR) is 93.4 cm³/mol. The molecular weight excluding hydrogens is 364 g/mol. The van der Waals surface area contributed by atoms with E-state index in [0.29, 0.717) is 0 Å². The molecule has 0 aliphatic heterocycles. The molecule has 3 aromatic rings. The third kappa shape index (κ3) is 3.25. The maximum absolute atomic E-state index is 13.7. The Morgan fingerprint density at radius 2 is 1.96 bits per heavy atom. The molecule has 6 nitrogen and oxygen atoms in total. The van der Waals surface area contributed by atoms with E-state index < -0.39 is 23.2 Å². The molecule has 1 aromatic heterocycles. The van der Waals surface area contributed by atoms with Crippen molar-refractivity contribution in [3.8, 4) is 0 Å². The molecule has 2 aromatic carbocycles. The molecular formula is C17H13F2N3O3S. The number of benzene rings is 2. The first-order chi connectivity index (χ1) is 12.4. The van der Waals surface area contributed by atoms with E-state index in [9.17, 15) is 18.4 Å². The number of nitrogens with two attached hydrogens (primary N) is 1. The maximum Gasteiger partial charge on any atom is 0.337 e. The monoisotopic (exact) mass is 377 g/mol. The number of esters is 1. The van der Waals surface area contributed by atoms with Crippen molar-refractivity contribution in [2.24, 2.45) is 0 Å². The maximum atomic E-state index is 13.7. The van der Waals surface area contributed by atoms with Crippen LogP contribution in [-0.2, 0) is 10.5 Å². The summed E-state index contributed by atoms with van der Waals surface area (Å²) in [6, 6.07) is 7.80. The number of carbonyl (C=O) groups is 1. The Morgan fingerprint density at radius 3 is 2.62 bits per heavy atom. The van der Waals surface area contributed by atoms with Crippen LogP contribution in [0.15, 0.2) is 46.3 Å². The van der Waals surface area contributed by atoms with Crippen LogP contribution in [0.3, 0.4) is 0 Å². The Morgan fingerprint density at radius 1 is 1.27 bits per heavy atom. The third-order valence-corrected chi connectivity index (χ3v) is 4.68. The van der Waals surface area contributed by atoms with Crippen LogP contribution >= 0.6 is 11.8 Å². The number of fused-ring (bicyclic) bond motifs is 1. The zero-order chi connectivity index (χ0) is 18.8. The lowest BCUT2D eigenvalue weighted by Crippen LogP contribution is -2.29. The standard InChI is InChI=1S/C17H13F2N3O3S/c1-25-16(24)9-5-6-10-14(7-9)21-17(22(20)15(10)23)26-8-11-12(18)3-2-4-13(11)19/h2-7H,8,20H2,1H3. The van der Waals surface area contributed by atoms with E-state index in [-0.39, 0.29) is 32.9 Å². The minimum Gasteiger partial charge on any atom is -0.465 e. The number of ether oxygens (including phenoxy) is 1. The fourth-order valence-electron chi connectivity index (χ4n) is 2.33. The second-order valence-electron chi connectivity index (χ2n) is 5.28. The first kappa shape index (κ1) is 17.9. The van der Waals surface area contributed by atoms with Gasteiger partial charge in [0, 0.05) is 11.3 Å². The second-order valence-corrected chi connectivity index (χ2v) is 6.22. The van der Waals surface area contributed by atoms with Gasteiger partial charge in [0.15, 0.2) is 5.16 Å². The van der Waals surface area contributed by atoms with Gasteiger partial charge in [-0.25, -0.2) is 23.2 Å². The molecule has 0 saturated carbocycles. The average Bonchev–Trinajstić information content (AvgIpc) is 2.64. The number of carbonyl (C=O) groups excluding carboxylic acids is 1. The third-order valence-electron chi connectivity index (χ3n) is 3.70. The predicted octanol–water partition coefficient (Wildman–Crippen LogP) is 2.47. The first-order valence-electron chi connectivity index (χ1n) is 7.38. The van der Waals surface area contributed by atoms with E-state index in [0.717, 1.165) is 28.6 Å². The van der Waals surface area contributed by atoms with Gasteiger partial charge in [0.1, 0.15) is 11.6 Å². The summed E-state index contributed by atoms with van der Waals surface area (Å²) in [6.45, 7) is 0. The molecule has 0 atom stereocenters. The van der Waals surface area contributed by atoms with Crippen molar-refractivity contribution >= 4 is 28.6 Å². The minimum atomic E-state index is -0.697. The van der Waals surface area contributed by atoms with Crippen molar-refractivity contribution in [1.29, 1.82) is 0 Å². The lowest BCUT2D eigenvalue weighted by Gasteiger charge is -2.10. The summed E-state index contributed by atoms with van der Waals surface area (Å²) in [5, 5.41) is 0.272. The molecule has 3 rings (SSSR count). The number of nitrogen functional groups attached to an aromatic ring is 1. The summed E-state index contributed by atoms with van der Waals surface area (Å²) in [5.74, 6) is 3.68. The molecule has 0 radical (unpaired) electrons. The Kier molecular flexibility index (Phi) is 4.90. The number of halogens is 2. The minimum absolute atomic E-state index is 0.0622. The molecule has 2 N–H and O–H groups in total. The van der Waals surface area contributed by atoms with Crippen molar-refractivity contribution in [1.82, 2.24) is 9.66 Å². The fourth-order valence-corrected chi connectivity index (χ4v) is 3.27. The highest BCUT2D eigenvalue weighted by atomic mass is 32.2. The van der Waals surface area contributed by atoms with Gasteiger partial charge in [-0.3, -0.25) is 4.79 Å². The van der Waals surface area contributed by atoms with Gasteiger partial charge in [-0.2, -0.15) is 0 Å². The zero-order valence-corrected chi connectivity index (χ0v) is 14.3. The topological polar surface area (TPSA) is 87.2 Å². The van der Waals surface area contributed by atoms with Crippen LogP contribution < -0.4 is 11.4 Å². The van der Waals surface area contributed by atoms with E-state index in [2.05, 4.69) is 9.72 Å². The van der Waals surface area contributed by atoms with Crippen molar-refractivity contribution < 1.29 is 18.3 Å². The lowest BCUT2D eigenvalue weighted by atomic mass is 10.1. The van der Waals surface area contributed by atoms with Crippen molar-refractivity contribution in [2.45, 2.75) is 10.9 Å². The van der Waals surface area contributed by atoms with Crippen LogP contribution in [0.2, 0.25) is 0 Å². The summed E-state index contributed by atoms with van der Waals surface area (Å²) >= 11 is 0.908. The van der Waals surface area contributed by atoms with E-state index in [4.69, 9.17) is 5.84 Å². The van der Waals surface area contributed by atoms with Gasteiger partial charge >= 0.3 is 5.97 Å². The van der Waals surface area contributed by atoms with Gasteiger partial charge in [0.05, 0.1) is 23.6 Å². The number of aromatic nitrogens is 2. The molecule has 0 aliphatic rings. The molecule has 9 heteroatoms. The molecule has 0 bridgehead atoms. The normalized spacial score (nSPS) is 10.9. The smallest absolute Gasteiger partial charge is 0.337 e. The molecule has 1 heterocycles. The Hall–Kier alpha value is -2.94. The molecule has 0 unspecified atom stereocenters. The van der Waals surface area contributed by atoms with Gasteiger partial charge in [-0.05, 0) is 30.3 Å². The molecule has 26 heavy (non-hydrogen) atoms. The number of hydrogen-bond donors (Lipinski definition) is 1. The van der Waals surface area contributed by atoms with Crippen molar-refractivity contribution in [3.63, 3.8) is 0 Å². The van der Waals surface area contributed by atoms with Crippen LogP contribution in [0.4, 0.5) is 8.78 Å². The highest BCUT2D eigenvalue weighted by Gasteiger charge is 2.15. The van der Waals surface area contributed by atoms with Gasteiger partial charge < -0.3 is 10.6 Å². The molecule has 0 saturated heterocycles. The average molecular weight is 377 g/mol. The lowest BCUT2D eigenvalue weighted by molar-refractivity contribution is 0.0601. The van der Waals surface area contributed by atoms with Crippen LogP contribution in [0.1, 0.15) is 15.9 Å². The summed E-state index contributed by atoms with van der Waals surface area (Å²) < 4.78 is 32.9. The molecule has 0 aliphatic carbocycles. The molecule has 0 spiro atoms. The van der Waals surface area contributed by atoms with Crippen LogP contribution in [0.5, 0.6) is 0 Å². The van der Waals surface area contributed by atoms with E-state index in [1.165, 1.54) is 31.4 Å². The Bertz CT molecular complexity index is 1050. The molecule has 0 amide bonds. The van der Waals surface area contributed by atoms with Crippen LogP contribution in [0, 0.1) is 11.6 Å². The van der Waals surface area contributed by atoms with E-state index in [1.807, 2.05) is 0 Å². The number of thioether (sulfide) groups is 1. The summed E-state index contributed by atoms with van der Waals surface area (Å²) in [6.07, 6.45) is 0. The first-order valence-corrected chi connectivity index (χ1v) is 8.37. The van der Waals surface area contributed by atoms with Crippen molar-refractivity contribution in [3.05, 3.63) is 69.5 Å². The Labute approximate surface area is 150 Å². The SMILES string of the molecule is COC(=O)c1ccc2c(=O)n(N)c(SCc3c(F)cccc3F)nc2c1. The highest BCUT2D eigenvalue weighted by molar-refractivity contribution is 7.98. The largest absolute Gasteiger partial charge is 0.465 e. The van der Waals surface area contributed by atoms with Crippen LogP contribution in [0.25, 0.3) is 10.9 Å². The Balaban J connectivity index is 2.01. The van der Waals surface area contributed by atoms with E-state index in [1.54, 1.807) is 0 Å². The number of rotatable bonds is 4. The summed E-state index contributed by atoms with van der Waals surface area (Å²) in [5.41, 5.74) is -0.230. The van der Waals surface area contributed by atoms with E-state index >= 15 is 0 Å². The number of methoxy groups -OCH3 is 1. The quantitative estimate of drug-likeness (QED) is 0.325. The van der Waals surface area contributed by atoms with Gasteiger partial charge in [-0.15, -0.1) is 0 Å². The van der Waals surface area contributed by atoms with Gasteiger partial charge in [-0.1, -0.05) is 17.8 Å². The summed E-state index contributed by atoms with van der Waals surface area (Å²) in [4.78, 5) is 28.2. The van der Waals surface area contributed by atoms with Gasteiger partial charge in [0.2, 0.25) is 0 Å². The molecule has 134 valence electrons. The van der Waals surface area contributed by atoms with Gasteiger partial charge in [0.25, 0.3) is 5.56 Å². The zero-order valence-electron chi connectivity index (χ0n) is 13.5.